The normalized spacial score (nSPS) is 11.7. The first-order valence-electron chi connectivity index (χ1n) is 10.2. The van der Waals surface area contributed by atoms with Crippen LogP contribution in [-0.2, 0) is 6.18 Å². The number of pyridine rings is 2. The molecule has 6 nitrogen and oxygen atoms in total. The van der Waals surface area contributed by atoms with Crippen LogP contribution < -0.4 is 10.2 Å². The largest absolute Gasteiger partial charge is 0.444 e. The number of benzene rings is 1. The highest BCUT2D eigenvalue weighted by Gasteiger charge is 2.35. The van der Waals surface area contributed by atoms with Crippen molar-refractivity contribution in [3.63, 3.8) is 0 Å². The van der Waals surface area contributed by atoms with E-state index in [0.717, 1.165) is 18.2 Å². The standard InChI is InChI=1S/C24H18F5N3O3/c1-10-9-34-23(31-10)20-13(4)32-16(7-17(20)33)19-11(2)14(24(27,28)29)8-30-22(19)35-18-6-5-15(25)21(26)12(18)3/h5-9H,1-4H3,(H,32,33). The molecule has 0 atom stereocenters. The summed E-state index contributed by atoms with van der Waals surface area (Å²) in [6.07, 6.45) is -2.80. The van der Waals surface area contributed by atoms with E-state index in [1.807, 2.05) is 0 Å². The molecule has 11 heteroatoms. The van der Waals surface area contributed by atoms with Crippen molar-refractivity contribution in [2.45, 2.75) is 33.9 Å². The molecule has 3 heterocycles. The minimum absolute atomic E-state index is 0.0223. The van der Waals surface area contributed by atoms with Crippen LogP contribution in [0.25, 0.3) is 22.7 Å². The zero-order valence-electron chi connectivity index (χ0n) is 18.9. The number of hydrogen-bond donors (Lipinski definition) is 1. The minimum Gasteiger partial charge on any atom is -0.444 e. The summed E-state index contributed by atoms with van der Waals surface area (Å²) in [4.78, 5) is 23.8. The summed E-state index contributed by atoms with van der Waals surface area (Å²) in [6.45, 7) is 5.66. The second-order valence-electron chi connectivity index (χ2n) is 7.90. The summed E-state index contributed by atoms with van der Waals surface area (Å²) < 4.78 is 79.5. The molecule has 4 rings (SSSR count). The van der Waals surface area contributed by atoms with Gasteiger partial charge in [-0.2, -0.15) is 13.2 Å². The van der Waals surface area contributed by atoms with Crippen LogP contribution in [0.3, 0.4) is 0 Å². The summed E-state index contributed by atoms with van der Waals surface area (Å²) in [5.74, 6) is -2.70. The quantitative estimate of drug-likeness (QED) is 0.334. The summed E-state index contributed by atoms with van der Waals surface area (Å²) in [5, 5.41) is 0. The third kappa shape index (κ3) is 4.41. The average molecular weight is 491 g/mol. The first kappa shape index (κ1) is 24.1. The molecule has 0 unspecified atom stereocenters. The van der Waals surface area contributed by atoms with Gasteiger partial charge in [0.25, 0.3) is 0 Å². The van der Waals surface area contributed by atoms with Gasteiger partial charge in [0.1, 0.15) is 17.6 Å². The van der Waals surface area contributed by atoms with E-state index in [9.17, 15) is 26.7 Å². The van der Waals surface area contributed by atoms with Crippen molar-refractivity contribution in [2.24, 2.45) is 0 Å². The summed E-state index contributed by atoms with van der Waals surface area (Å²) >= 11 is 0. The smallest absolute Gasteiger partial charge is 0.418 e. The lowest BCUT2D eigenvalue weighted by molar-refractivity contribution is -0.138. The third-order valence-electron chi connectivity index (χ3n) is 5.43. The van der Waals surface area contributed by atoms with Gasteiger partial charge in [-0.3, -0.25) is 4.79 Å². The van der Waals surface area contributed by atoms with Gasteiger partial charge < -0.3 is 14.1 Å². The predicted molar refractivity (Wildman–Crippen MR) is 116 cm³/mol. The maximum absolute atomic E-state index is 14.0. The topological polar surface area (TPSA) is 81.0 Å². The highest BCUT2D eigenvalue weighted by atomic mass is 19.4. The molecular formula is C24H18F5N3O3. The fourth-order valence-corrected chi connectivity index (χ4v) is 3.67. The monoisotopic (exact) mass is 491 g/mol. The number of ether oxygens (including phenoxy) is 1. The Hall–Kier alpha value is -4.02. The van der Waals surface area contributed by atoms with Gasteiger partial charge in [0.15, 0.2) is 17.1 Å². The number of aromatic amines is 1. The number of halogens is 5. The fraction of sp³-hybridized carbons (Fsp3) is 0.208. The minimum atomic E-state index is -4.74. The van der Waals surface area contributed by atoms with Gasteiger partial charge in [-0.25, -0.2) is 18.7 Å². The van der Waals surface area contributed by atoms with E-state index in [1.54, 1.807) is 6.92 Å². The van der Waals surface area contributed by atoms with Gasteiger partial charge in [-0.1, -0.05) is 0 Å². The summed E-state index contributed by atoms with van der Waals surface area (Å²) in [6, 6.07) is 3.04. The van der Waals surface area contributed by atoms with Gasteiger partial charge >= 0.3 is 6.18 Å². The Kier molecular flexibility index (Phi) is 5.95. The van der Waals surface area contributed by atoms with Crippen LogP contribution in [0.2, 0.25) is 0 Å². The Morgan fingerprint density at radius 2 is 1.74 bits per heavy atom. The van der Waals surface area contributed by atoms with Crippen molar-refractivity contribution in [2.75, 3.05) is 0 Å². The number of aromatic nitrogens is 3. The van der Waals surface area contributed by atoms with Crippen molar-refractivity contribution in [3.05, 3.63) is 80.6 Å². The van der Waals surface area contributed by atoms with Gasteiger partial charge in [-0.05, 0) is 45.4 Å². The van der Waals surface area contributed by atoms with Crippen molar-refractivity contribution >= 4 is 0 Å². The molecule has 0 aliphatic heterocycles. The average Bonchev–Trinajstić information content (AvgIpc) is 3.18. The van der Waals surface area contributed by atoms with Crippen LogP contribution in [0.4, 0.5) is 22.0 Å². The molecule has 4 aromatic rings. The molecule has 0 aliphatic carbocycles. The number of oxazole rings is 1. The molecular weight excluding hydrogens is 473 g/mol. The molecule has 182 valence electrons. The zero-order chi connectivity index (χ0) is 25.7. The Balaban J connectivity index is 1.93. The molecule has 0 fully saturated rings. The number of hydrogen-bond acceptors (Lipinski definition) is 5. The van der Waals surface area contributed by atoms with Crippen LogP contribution in [0.5, 0.6) is 11.6 Å². The summed E-state index contributed by atoms with van der Waals surface area (Å²) in [7, 11) is 0. The Labute approximate surface area is 195 Å². The van der Waals surface area contributed by atoms with Crippen molar-refractivity contribution < 1.29 is 31.1 Å². The van der Waals surface area contributed by atoms with Gasteiger partial charge in [0.2, 0.25) is 11.8 Å². The van der Waals surface area contributed by atoms with Gasteiger partial charge in [0.05, 0.1) is 22.5 Å². The second-order valence-corrected chi connectivity index (χ2v) is 7.90. The molecule has 0 spiro atoms. The molecule has 0 amide bonds. The Bertz CT molecular complexity index is 1510. The van der Waals surface area contributed by atoms with E-state index >= 15 is 0 Å². The first-order chi connectivity index (χ1) is 16.4. The maximum atomic E-state index is 14.0. The lowest BCUT2D eigenvalue weighted by Crippen LogP contribution is -2.13. The number of rotatable bonds is 4. The predicted octanol–water partition coefficient (Wildman–Crippen LogP) is 6.41. The number of nitrogens with one attached hydrogen (secondary N) is 1. The molecule has 0 aliphatic rings. The highest BCUT2D eigenvalue weighted by molar-refractivity contribution is 5.73. The second kappa shape index (κ2) is 8.64. The number of alkyl halides is 3. The lowest BCUT2D eigenvalue weighted by Gasteiger charge is -2.18. The molecule has 0 saturated carbocycles. The van der Waals surface area contributed by atoms with Crippen molar-refractivity contribution in [3.8, 4) is 34.3 Å². The fourth-order valence-electron chi connectivity index (χ4n) is 3.67. The van der Waals surface area contributed by atoms with Crippen molar-refractivity contribution in [1.29, 1.82) is 0 Å². The van der Waals surface area contributed by atoms with Gasteiger partial charge in [0, 0.05) is 23.5 Å². The van der Waals surface area contributed by atoms with Crippen LogP contribution in [0.15, 0.2) is 39.9 Å². The van der Waals surface area contributed by atoms with E-state index in [-0.39, 0.29) is 51.2 Å². The molecule has 1 aromatic carbocycles. The van der Waals surface area contributed by atoms with E-state index in [0.29, 0.717) is 11.9 Å². The molecule has 0 saturated heterocycles. The molecule has 0 radical (unpaired) electrons. The SMILES string of the molecule is Cc1coc(-c2c(C)[nH]c(-c3c(Oc4ccc(F)c(F)c4C)ncc(C(F)(F)F)c3C)cc2=O)n1. The lowest BCUT2D eigenvalue weighted by atomic mass is 10.0. The zero-order valence-corrected chi connectivity index (χ0v) is 18.9. The molecule has 35 heavy (non-hydrogen) atoms. The van der Waals surface area contributed by atoms with Gasteiger partial charge in [-0.15, -0.1) is 0 Å². The van der Waals surface area contributed by atoms with E-state index in [2.05, 4.69) is 15.0 Å². The van der Waals surface area contributed by atoms with Crippen LogP contribution in [-0.4, -0.2) is 15.0 Å². The highest BCUT2D eigenvalue weighted by Crippen LogP contribution is 2.41. The molecule has 3 aromatic heterocycles. The van der Waals surface area contributed by atoms with Crippen LogP contribution >= 0.6 is 0 Å². The van der Waals surface area contributed by atoms with Crippen LogP contribution in [0.1, 0.15) is 28.1 Å². The van der Waals surface area contributed by atoms with Crippen LogP contribution in [0, 0.1) is 39.3 Å². The first-order valence-corrected chi connectivity index (χ1v) is 10.2. The third-order valence-corrected chi connectivity index (χ3v) is 5.43. The number of nitrogens with zero attached hydrogens (tertiary/aromatic N) is 2. The number of H-pyrrole nitrogens is 1. The molecule has 1 N–H and O–H groups in total. The van der Waals surface area contributed by atoms with E-state index < -0.39 is 28.8 Å². The Morgan fingerprint density at radius 1 is 1.03 bits per heavy atom. The number of aryl methyl sites for hydroxylation is 2. The Morgan fingerprint density at radius 3 is 2.34 bits per heavy atom. The molecule has 0 bridgehead atoms. The summed E-state index contributed by atoms with van der Waals surface area (Å²) in [5.41, 5.74) is -1.35. The van der Waals surface area contributed by atoms with E-state index in [1.165, 1.54) is 27.0 Å². The van der Waals surface area contributed by atoms with E-state index in [4.69, 9.17) is 9.15 Å². The van der Waals surface area contributed by atoms with Crippen molar-refractivity contribution in [1.82, 2.24) is 15.0 Å². The maximum Gasteiger partial charge on any atom is 0.418 e.